The average molecular weight is 262 g/mol. The Kier molecular flexibility index (Phi) is 3.62. The highest BCUT2D eigenvalue weighted by Gasteiger charge is 2.28. The molecule has 4 nitrogen and oxygen atoms in total. The van der Waals surface area contributed by atoms with E-state index < -0.39 is 0 Å². The van der Waals surface area contributed by atoms with E-state index in [1.54, 1.807) is 0 Å². The second-order valence-corrected chi connectivity index (χ2v) is 5.40. The highest BCUT2D eigenvalue weighted by Crippen LogP contribution is 2.37. The van der Waals surface area contributed by atoms with E-state index in [9.17, 15) is 0 Å². The molecule has 1 fully saturated rings. The van der Waals surface area contributed by atoms with Crippen molar-refractivity contribution < 1.29 is 9.47 Å². The van der Waals surface area contributed by atoms with Crippen LogP contribution >= 0.6 is 0 Å². The SMILES string of the molecule is CCN(CC1CC1)C(CN)c1ccc2c(c1)OCO2. The molecular formula is C15H22N2O2. The van der Waals surface area contributed by atoms with Crippen molar-refractivity contribution in [1.82, 2.24) is 4.90 Å². The molecule has 2 aliphatic rings. The highest BCUT2D eigenvalue weighted by atomic mass is 16.7. The van der Waals surface area contributed by atoms with Crippen LogP contribution in [0.1, 0.15) is 31.4 Å². The summed E-state index contributed by atoms with van der Waals surface area (Å²) in [6.07, 6.45) is 2.74. The van der Waals surface area contributed by atoms with Crippen LogP contribution in [0.5, 0.6) is 11.5 Å². The van der Waals surface area contributed by atoms with E-state index in [0.717, 1.165) is 30.5 Å². The molecule has 1 aliphatic carbocycles. The van der Waals surface area contributed by atoms with Crippen LogP contribution in [-0.2, 0) is 0 Å². The van der Waals surface area contributed by atoms with Crippen LogP contribution in [-0.4, -0.2) is 31.3 Å². The smallest absolute Gasteiger partial charge is 0.231 e. The Labute approximate surface area is 114 Å². The summed E-state index contributed by atoms with van der Waals surface area (Å²) in [6.45, 7) is 5.36. The lowest BCUT2D eigenvalue weighted by molar-refractivity contribution is 0.173. The molecule has 1 aromatic rings. The van der Waals surface area contributed by atoms with Gasteiger partial charge in [0, 0.05) is 19.1 Å². The van der Waals surface area contributed by atoms with Crippen molar-refractivity contribution in [2.75, 3.05) is 26.4 Å². The maximum absolute atomic E-state index is 6.01. The normalized spacial score (nSPS) is 18.9. The van der Waals surface area contributed by atoms with Crippen LogP contribution in [0.3, 0.4) is 0 Å². The van der Waals surface area contributed by atoms with Gasteiger partial charge in [-0.3, -0.25) is 4.90 Å². The topological polar surface area (TPSA) is 47.7 Å². The summed E-state index contributed by atoms with van der Waals surface area (Å²) in [5, 5.41) is 0. The molecule has 4 heteroatoms. The van der Waals surface area contributed by atoms with Gasteiger partial charge >= 0.3 is 0 Å². The zero-order chi connectivity index (χ0) is 13.2. The number of nitrogens with two attached hydrogens (primary N) is 1. The van der Waals surface area contributed by atoms with E-state index in [1.165, 1.54) is 18.4 Å². The molecule has 1 aromatic carbocycles. The van der Waals surface area contributed by atoms with Crippen molar-refractivity contribution in [2.45, 2.75) is 25.8 Å². The summed E-state index contributed by atoms with van der Waals surface area (Å²) < 4.78 is 10.8. The fourth-order valence-electron chi connectivity index (χ4n) is 2.73. The highest BCUT2D eigenvalue weighted by molar-refractivity contribution is 5.45. The summed E-state index contributed by atoms with van der Waals surface area (Å²) in [7, 11) is 0. The first-order valence-electron chi connectivity index (χ1n) is 7.15. The molecule has 3 rings (SSSR count). The van der Waals surface area contributed by atoms with E-state index in [-0.39, 0.29) is 6.04 Å². The van der Waals surface area contributed by atoms with Crippen molar-refractivity contribution >= 4 is 0 Å². The summed E-state index contributed by atoms with van der Waals surface area (Å²) in [5.41, 5.74) is 7.24. The first-order valence-corrected chi connectivity index (χ1v) is 7.15. The average Bonchev–Trinajstić information content (AvgIpc) is 3.13. The first kappa shape index (κ1) is 12.8. The molecule has 0 radical (unpaired) electrons. The molecule has 1 unspecified atom stereocenters. The number of likely N-dealkylation sites (N-methyl/N-ethyl adjacent to an activating group) is 1. The minimum Gasteiger partial charge on any atom is -0.454 e. The fourth-order valence-corrected chi connectivity index (χ4v) is 2.73. The summed E-state index contributed by atoms with van der Waals surface area (Å²) in [4.78, 5) is 2.48. The zero-order valence-electron chi connectivity index (χ0n) is 11.5. The third kappa shape index (κ3) is 2.69. The van der Waals surface area contributed by atoms with Gasteiger partial charge in [-0.25, -0.2) is 0 Å². The van der Waals surface area contributed by atoms with Gasteiger partial charge in [0.05, 0.1) is 0 Å². The Bertz CT molecular complexity index is 446. The van der Waals surface area contributed by atoms with Crippen LogP contribution in [0.2, 0.25) is 0 Å². The molecule has 1 saturated carbocycles. The molecular weight excluding hydrogens is 240 g/mol. The molecule has 0 spiro atoms. The predicted molar refractivity (Wildman–Crippen MR) is 74.3 cm³/mol. The second kappa shape index (κ2) is 5.39. The molecule has 0 bridgehead atoms. The predicted octanol–water partition coefficient (Wildman–Crippen LogP) is 2.15. The van der Waals surface area contributed by atoms with Crippen LogP contribution < -0.4 is 15.2 Å². The lowest BCUT2D eigenvalue weighted by Crippen LogP contribution is -2.35. The number of fused-ring (bicyclic) bond motifs is 1. The lowest BCUT2D eigenvalue weighted by atomic mass is 10.0. The Morgan fingerprint density at radius 1 is 1.32 bits per heavy atom. The lowest BCUT2D eigenvalue weighted by Gasteiger charge is -2.30. The van der Waals surface area contributed by atoms with Gasteiger partial charge in [0.15, 0.2) is 11.5 Å². The minimum atomic E-state index is 0.278. The van der Waals surface area contributed by atoms with Crippen molar-refractivity contribution in [1.29, 1.82) is 0 Å². The fraction of sp³-hybridized carbons (Fsp3) is 0.600. The first-order chi connectivity index (χ1) is 9.31. The number of ether oxygens (including phenoxy) is 2. The van der Waals surface area contributed by atoms with Gasteiger partial charge in [-0.05, 0) is 43.0 Å². The number of nitrogens with zero attached hydrogens (tertiary/aromatic N) is 1. The van der Waals surface area contributed by atoms with Crippen LogP contribution in [0.15, 0.2) is 18.2 Å². The number of hydrogen-bond donors (Lipinski definition) is 1. The van der Waals surface area contributed by atoms with Gasteiger partial charge in [-0.2, -0.15) is 0 Å². The molecule has 0 aromatic heterocycles. The Morgan fingerprint density at radius 2 is 2.11 bits per heavy atom. The molecule has 19 heavy (non-hydrogen) atoms. The molecule has 1 heterocycles. The van der Waals surface area contributed by atoms with Crippen LogP contribution in [0.4, 0.5) is 0 Å². The van der Waals surface area contributed by atoms with Gasteiger partial charge in [0.2, 0.25) is 6.79 Å². The van der Waals surface area contributed by atoms with Crippen molar-refractivity contribution in [3.8, 4) is 11.5 Å². The molecule has 0 saturated heterocycles. The Balaban J connectivity index is 1.79. The van der Waals surface area contributed by atoms with Gasteiger partial charge in [-0.15, -0.1) is 0 Å². The molecule has 104 valence electrons. The van der Waals surface area contributed by atoms with Gasteiger partial charge in [0.1, 0.15) is 0 Å². The maximum Gasteiger partial charge on any atom is 0.231 e. The van der Waals surface area contributed by atoms with Crippen molar-refractivity contribution in [3.63, 3.8) is 0 Å². The van der Waals surface area contributed by atoms with E-state index in [0.29, 0.717) is 13.3 Å². The largest absolute Gasteiger partial charge is 0.454 e. The second-order valence-electron chi connectivity index (χ2n) is 5.40. The van der Waals surface area contributed by atoms with E-state index >= 15 is 0 Å². The number of benzene rings is 1. The molecule has 2 N–H and O–H groups in total. The van der Waals surface area contributed by atoms with E-state index in [4.69, 9.17) is 15.2 Å². The van der Waals surface area contributed by atoms with Gasteiger partial charge in [-0.1, -0.05) is 13.0 Å². The maximum atomic E-state index is 6.01. The zero-order valence-corrected chi connectivity index (χ0v) is 11.5. The van der Waals surface area contributed by atoms with Gasteiger partial charge in [0.25, 0.3) is 0 Å². The third-order valence-electron chi connectivity index (χ3n) is 4.04. The third-order valence-corrected chi connectivity index (χ3v) is 4.04. The summed E-state index contributed by atoms with van der Waals surface area (Å²) in [6, 6.07) is 6.46. The monoisotopic (exact) mass is 262 g/mol. The Hall–Kier alpha value is -1.26. The molecule has 1 aliphatic heterocycles. The molecule has 1 atom stereocenters. The Morgan fingerprint density at radius 3 is 2.79 bits per heavy atom. The number of hydrogen-bond acceptors (Lipinski definition) is 4. The molecule has 0 amide bonds. The standard InChI is InChI=1S/C15H22N2O2/c1-2-17(9-11-3-4-11)13(8-16)12-5-6-14-15(7-12)19-10-18-14/h5-7,11,13H,2-4,8-10,16H2,1H3. The number of rotatable bonds is 6. The van der Waals surface area contributed by atoms with Crippen molar-refractivity contribution in [2.24, 2.45) is 11.7 Å². The van der Waals surface area contributed by atoms with Crippen molar-refractivity contribution in [3.05, 3.63) is 23.8 Å². The quantitative estimate of drug-likeness (QED) is 0.853. The van der Waals surface area contributed by atoms with E-state index in [1.807, 2.05) is 6.07 Å². The van der Waals surface area contributed by atoms with Gasteiger partial charge < -0.3 is 15.2 Å². The van der Waals surface area contributed by atoms with Crippen LogP contribution in [0.25, 0.3) is 0 Å². The summed E-state index contributed by atoms with van der Waals surface area (Å²) >= 11 is 0. The van der Waals surface area contributed by atoms with E-state index in [2.05, 4.69) is 24.0 Å². The minimum absolute atomic E-state index is 0.278. The van der Waals surface area contributed by atoms with Crippen LogP contribution in [0, 0.1) is 5.92 Å². The summed E-state index contributed by atoms with van der Waals surface area (Å²) in [5.74, 6) is 2.56.